The van der Waals surface area contributed by atoms with Crippen LogP contribution >= 0.6 is 15.9 Å². The highest BCUT2D eigenvalue weighted by Crippen LogP contribution is 2.31. The van der Waals surface area contributed by atoms with E-state index in [1.54, 1.807) is 0 Å². The minimum Gasteiger partial charge on any atom is -0.379 e. The number of ether oxygens (including phenoxy) is 1. The second kappa shape index (κ2) is 6.49. The maximum Gasteiger partial charge on any atom is 0.295 e. The zero-order valence-electron chi connectivity index (χ0n) is 11.1. The minimum absolute atomic E-state index is 0.186. The Morgan fingerprint density at radius 3 is 3.00 bits per heavy atom. The summed E-state index contributed by atoms with van der Waals surface area (Å²) in [6.45, 7) is 3.36. The molecule has 0 amide bonds. The summed E-state index contributed by atoms with van der Waals surface area (Å²) in [5.41, 5.74) is 0.0719. The van der Waals surface area contributed by atoms with E-state index in [2.05, 4.69) is 28.2 Å². The molecule has 1 aliphatic heterocycles. The van der Waals surface area contributed by atoms with Crippen LogP contribution in [0.2, 0.25) is 0 Å². The highest BCUT2D eigenvalue weighted by molar-refractivity contribution is 9.10. The van der Waals surface area contributed by atoms with Gasteiger partial charge in [0.15, 0.2) is 0 Å². The summed E-state index contributed by atoms with van der Waals surface area (Å²) in [4.78, 5) is 10.4. The van der Waals surface area contributed by atoms with E-state index in [0.29, 0.717) is 18.2 Å². The second-order valence-corrected chi connectivity index (χ2v) is 5.64. The fourth-order valence-corrected chi connectivity index (χ4v) is 2.79. The number of hydrogen-bond acceptors (Lipinski definition) is 4. The van der Waals surface area contributed by atoms with Gasteiger partial charge in [-0.15, -0.1) is 0 Å². The lowest BCUT2D eigenvalue weighted by atomic mass is 9.99. The third kappa shape index (κ3) is 3.27. The van der Waals surface area contributed by atoms with Gasteiger partial charge in [0, 0.05) is 19.1 Å². The number of nitro benzene ring substituents is 1. The Morgan fingerprint density at radius 1 is 1.60 bits per heavy atom. The summed E-state index contributed by atoms with van der Waals surface area (Å²) in [5.74, 6) is -0.318. The van der Waals surface area contributed by atoms with E-state index in [0.717, 1.165) is 25.5 Å². The zero-order valence-corrected chi connectivity index (χ0v) is 12.7. The molecule has 2 rings (SSSR count). The van der Waals surface area contributed by atoms with Crippen LogP contribution in [-0.4, -0.2) is 24.2 Å². The molecule has 0 radical (unpaired) electrons. The molecule has 0 spiro atoms. The Hall–Kier alpha value is -1.21. The molecule has 1 aromatic rings. The summed E-state index contributed by atoms with van der Waals surface area (Å²) >= 11 is 3.05. The predicted octanol–water partition coefficient (Wildman–Crippen LogP) is 3.72. The van der Waals surface area contributed by atoms with Crippen LogP contribution in [0.1, 0.15) is 19.8 Å². The molecular weight excluding hydrogens is 331 g/mol. The Kier molecular flexibility index (Phi) is 4.93. The van der Waals surface area contributed by atoms with Gasteiger partial charge >= 0.3 is 0 Å². The van der Waals surface area contributed by atoms with Crippen molar-refractivity contribution in [2.24, 2.45) is 5.92 Å². The Morgan fingerprint density at radius 2 is 2.35 bits per heavy atom. The number of nitrogens with one attached hydrogen (secondary N) is 1. The van der Waals surface area contributed by atoms with Gasteiger partial charge in [-0.1, -0.05) is 6.92 Å². The number of nitrogens with zero attached hydrogens (tertiary/aromatic N) is 1. The van der Waals surface area contributed by atoms with Gasteiger partial charge in [-0.25, -0.2) is 4.39 Å². The van der Waals surface area contributed by atoms with Crippen molar-refractivity contribution < 1.29 is 14.1 Å². The van der Waals surface area contributed by atoms with Gasteiger partial charge in [-0.3, -0.25) is 10.1 Å². The first-order chi connectivity index (χ1) is 9.52. The molecule has 1 N–H and O–H groups in total. The average molecular weight is 347 g/mol. The Balaban J connectivity index is 2.12. The lowest BCUT2D eigenvalue weighted by molar-refractivity contribution is -0.384. The predicted molar refractivity (Wildman–Crippen MR) is 77.4 cm³/mol. The second-order valence-electron chi connectivity index (χ2n) is 4.79. The maximum atomic E-state index is 13.4. The SMILES string of the molecule is CCC1OCCC1CNc1cc(Br)c(F)cc1[N+](=O)[O-]. The third-order valence-electron chi connectivity index (χ3n) is 3.54. The molecule has 0 bridgehead atoms. The first kappa shape index (κ1) is 15.2. The van der Waals surface area contributed by atoms with Crippen molar-refractivity contribution >= 4 is 27.3 Å². The van der Waals surface area contributed by atoms with E-state index < -0.39 is 10.7 Å². The van der Waals surface area contributed by atoms with Gasteiger partial charge in [0.05, 0.1) is 21.6 Å². The molecule has 7 heteroatoms. The maximum absolute atomic E-state index is 13.4. The molecule has 1 fully saturated rings. The molecule has 1 aromatic carbocycles. The number of anilines is 1. The first-order valence-electron chi connectivity index (χ1n) is 6.51. The standard InChI is InChI=1S/C13H16BrFN2O3/c1-2-13-8(3-4-20-13)7-16-11-5-9(14)10(15)6-12(11)17(18)19/h5-6,8,13,16H,2-4,7H2,1H3. The van der Waals surface area contributed by atoms with Crippen LogP contribution in [0.5, 0.6) is 0 Å². The van der Waals surface area contributed by atoms with Crippen molar-refractivity contribution in [1.29, 1.82) is 0 Å². The number of benzene rings is 1. The van der Waals surface area contributed by atoms with E-state index in [4.69, 9.17) is 4.74 Å². The van der Waals surface area contributed by atoms with Gasteiger partial charge in [-0.05, 0) is 34.8 Å². The molecule has 1 saturated heterocycles. The van der Waals surface area contributed by atoms with Crippen LogP contribution < -0.4 is 5.32 Å². The van der Waals surface area contributed by atoms with Crippen molar-refractivity contribution in [2.75, 3.05) is 18.5 Å². The molecule has 0 aliphatic carbocycles. The normalized spacial score (nSPS) is 21.9. The van der Waals surface area contributed by atoms with Crippen LogP contribution in [0.3, 0.4) is 0 Å². The number of rotatable bonds is 5. The highest BCUT2D eigenvalue weighted by atomic mass is 79.9. The number of halogens is 2. The summed E-state index contributed by atoms with van der Waals surface area (Å²) in [7, 11) is 0. The lowest BCUT2D eigenvalue weighted by Gasteiger charge is -2.18. The topological polar surface area (TPSA) is 64.4 Å². The lowest BCUT2D eigenvalue weighted by Crippen LogP contribution is -2.23. The Labute approximate surface area is 124 Å². The van der Waals surface area contributed by atoms with Crippen LogP contribution in [0, 0.1) is 21.8 Å². The smallest absolute Gasteiger partial charge is 0.295 e. The quantitative estimate of drug-likeness (QED) is 0.651. The monoisotopic (exact) mass is 346 g/mol. The van der Waals surface area contributed by atoms with Crippen LogP contribution in [0.25, 0.3) is 0 Å². The molecule has 110 valence electrons. The molecule has 20 heavy (non-hydrogen) atoms. The molecule has 2 atom stereocenters. The highest BCUT2D eigenvalue weighted by Gasteiger charge is 2.27. The summed E-state index contributed by atoms with van der Waals surface area (Å²) in [6, 6.07) is 2.33. The van der Waals surface area contributed by atoms with E-state index in [9.17, 15) is 14.5 Å². The van der Waals surface area contributed by atoms with E-state index >= 15 is 0 Å². The third-order valence-corrected chi connectivity index (χ3v) is 4.15. The Bertz CT molecular complexity index is 513. The first-order valence-corrected chi connectivity index (χ1v) is 7.31. The van der Waals surface area contributed by atoms with E-state index in [-0.39, 0.29) is 16.3 Å². The zero-order chi connectivity index (χ0) is 14.7. The number of nitro groups is 1. The molecule has 0 saturated carbocycles. The van der Waals surface area contributed by atoms with Crippen molar-refractivity contribution in [1.82, 2.24) is 0 Å². The molecule has 1 aliphatic rings. The molecule has 5 nitrogen and oxygen atoms in total. The van der Waals surface area contributed by atoms with Gasteiger partial charge in [0.2, 0.25) is 0 Å². The fraction of sp³-hybridized carbons (Fsp3) is 0.538. The number of hydrogen-bond donors (Lipinski definition) is 1. The van der Waals surface area contributed by atoms with Gasteiger partial charge in [-0.2, -0.15) is 0 Å². The molecular formula is C13H16BrFN2O3. The minimum atomic E-state index is -0.641. The fourth-order valence-electron chi connectivity index (χ4n) is 2.45. The van der Waals surface area contributed by atoms with Crippen molar-refractivity contribution in [3.63, 3.8) is 0 Å². The van der Waals surface area contributed by atoms with E-state index in [1.807, 2.05) is 0 Å². The van der Waals surface area contributed by atoms with Crippen LogP contribution in [-0.2, 0) is 4.74 Å². The van der Waals surface area contributed by atoms with E-state index in [1.165, 1.54) is 6.07 Å². The molecule has 1 heterocycles. The van der Waals surface area contributed by atoms with Crippen molar-refractivity contribution in [3.05, 3.63) is 32.5 Å². The van der Waals surface area contributed by atoms with Gasteiger partial charge < -0.3 is 10.1 Å². The van der Waals surface area contributed by atoms with Crippen LogP contribution in [0.15, 0.2) is 16.6 Å². The van der Waals surface area contributed by atoms with Crippen LogP contribution in [0.4, 0.5) is 15.8 Å². The summed E-state index contributed by atoms with van der Waals surface area (Å²) in [6.07, 6.45) is 2.04. The van der Waals surface area contributed by atoms with Crippen molar-refractivity contribution in [3.8, 4) is 0 Å². The molecule has 2 unspecified atom stereocenters. The molecule has 0 aromatic heterocycles. The average Bonchev–Trinajstić information content (AvgIpc) is 2.86. The van der Waals surface area contributed by atoms with Gasteiger partial charge in [0.25, 0.3) is 5.69 Å². The summed E-state index contributed by atoms with van der Waals surface area (Å²) < 4.78 is 19.2. The van der Waals surface area contributed by atoms with Gasteiger partial charge in [0.1, 0.15) is 11.5 Å². The summed E-state index contributed by atoms with van der Waals surface area (Å²) in [5, 5.41) is 14.0. The largest absolute Gasteiger partial charge is 0.379 e. The van der Waals surface area contributed by atoms with Crippen molar-refractivity contribution in [2.45, 2.75) is 25.9 Å².